The van der Waals surface area contributed by atoms with Crippen molar-refractivity contribution in [2.45, 2.75) is 6.42 Å². The van der Waals surface area contributed by atoms with Crippen molar-refractivity contribution >= 4 is 39.5 Å². The van der Waals surface area contributed by atoms with Gasteiger partial charge in [-0.25, -0.2) is 0 Å². The number of rotatable bonds is 0. The molecule has 1 aliphatic heterocycles. The highest BCUT2D eigenvalue weighted by atomic mass is 15.0. The Morgan fingerprint density at radius 3 is 2.21 bits per heavy atom. The Morgan fingerprint density at radius 1 is 0.842 bits per heavy atom. The number of hydrogen-bond donors (Lipinski definition) is 3. The maximum atomic E-state index is 3.06. The van der Waals surface area contributed by atoms with E-state index in [2.05, 4.69) is 64.0 Å². The molecule has 6 heteroatoms. The van der Waals surface area contributed by atoms with Crippen LogP contribution in [0.4, 0.5) is 0 Å². The Bertz CT molecular complexity index is 580. The number of nitrogens with one attached hydrogen (secondary N) is 3. The summed E-state index contributed by atoms with van der Waals surface area (Å²) in [6.45, 7) is 0. The van der Waals surface area contributed by atoms with Gasteiger partial charge in [-0.1, -0.05) is 48.6 Å². The summed E-state index contributed by atoms with van der Waals surface area (Å²) in [6, 6.07) is 13.0. The van der Waals surface area contributed by atoms with Gasteiger partial charge in [-0.15, -0.1) is 0 Å². The van der Waals surface area contributed by atoms with Gasteiger partial charge in [0, 0.05) is 0 Å². The maximum Gasteiger partial charge on any atom is 0.265 e. The summed E-state index contributed by atoms with van der Waals surface area (Å²) in [4.78, 5) is 0. The topological polar surface area (TPSA) is 36.1 Å². The first-order valence-corrected chi connectivity index (χ1v) is 6.74. The van der Waals surface area contributed by atoms with E-state index in [-0.39, 0.29) is 0 Å². The van der Waals surface area contributed by atoms with E-state index < -0.39 is 0 Å². The third-order valence-electron chi connectivity index (χ3n) is 3.41. The monoisotopic (exact) mass is 247 g/mol. The highest BCUT2D eigenvalue weighted by molar-refractivity contribution is 6.65. The van der Waals surface area contributed by atoms with E-state index in [4.69, 9.17) is 0 Å². The van der Waals surface area contributed by atoms with Crippen molar-refractivity contribution in [1.29, 1.82) is 0 Å². The second-order valence-electron chi connectivity index (χ2n) is 4.75. The van der Waals surface area contributed by atoms with E-state index in [1.807, 2.05) is 0 Å². The van der Waals surface area contributed by atoms with Crippen LogP contribution in [0.5, 0.6) is 0 Å². The van der Waals surface area contributed by atoms with Crippen LogP contribution >= 0.6 is 0 Å². The molecular weight excluding hydrogens is 231 g/mol. The number of allylic oxidation sites excluding steroid dienone is 1. The average Bonchev–Trinajstić information content (AvgIpc) is 2.51. The zero-order chi connectivity index (χ0) is 12.9. The lowest BCUT2D eigenvalue weighted by Crippen LogP contribution is -2.55. The molecule has 3 N–H and O–H groups in total. The Balaban J connectivity index is 0.000000155. The van der Waals surface area contributed by atoms with Crippen molar-refractivity contribution in [2.75, 3.05) is 0 Å². The Hall–Kier alpha value is -1.49. The third-order valence-corrected chi connectivity index (χ3v) is 3.41. The van der Waals surface area contributed by atoms with Crippen LogP contribution in [0.3, 0.4) is 0 Å². The van der Waals surface area contributed by atoms with Gasteiger partial charge in [-0.2, -0.15) is 0 Å². The van der Waals surface area contributed by atoms with Crippen molar-refractivity contribution in [2.24, 2.45) is 0 Å². The first-order chi connectivity index (χ1) is 9.45. The van der Waals surface area contributed by atoms with Crippen LogP contribution < -0.4 is 15.4 Å². The molecular formula is C13H16B3N3. The lowest BCUT2D eigenvalue weighted by atomic mass is 9.85. The van der Waals surface area contributed by atoms with Gasteiger partial charge in [0.1, 0.15) is 0 Å². The molecule has 4 rings (SSSR count). The van der Waals surface area contributed by atoms with Crippen LogP contribution in [0.2, 0.25) is 0 Å². The zero-order valence-corrected chi connectivity index (χ0v) is 10.9. The molecule has 1 saturated heterocycles. The molecule has 0 aromatic heterocycles. The first-order valence-electron chi connectivity index (χ1n) is 6.74. The highest BCUT2D eigenvalue weighted by Gasteiger charge is 2.06. The molecule has 2 aromatic rings. The van der Waals surface area contributed by atoms with E-state index >= 15 is 0 Å². The first kappa shape index (κ1) is 12.5. The second-order valence-corrected chi connectivity index (χ2v) is 4.75. The minimum atomic E-state index is 0.938. The Kier molecular flexibility index (Phi) is 4.03. The molecule has 1 fully saturated rings. The van der Waals surface area contributed by atoms with Crippen LogP contribution in [-0.4, -0.2) is 22.6 Å². The molecule has 19 heavy (non-hydrogen) atoms. The van der Waals surface area contributed by atoms with Gasteiger partial charge in [-0.05, 0) is 28.3 Å². The summed E-state index contributed by atoms with van der Waals surface area (Å²) in [7, 11) is 2.81. The molecule has 1 heterocycles. The molecule has 0 bridgehead atoms. The van der Waals surface area contributed by atoms with Crippen LogP contribution in [-0.2, 0) is 6.42 Å². The highest BCUT2D eigenvalue weighted by Crippen LogP contribution is 2.27. The zero-order valence-electron chi connectivity index (χ0n) is 10.9. The largest absolute Gasteiger partial charge is 0.378 e. The van der Waals surface area contributed by atoms with Gasteiger partial charge >= 0.3 is 0 Å². The number of hydrogen-bond acceptors (Lipinski definition) is 3. The summed E-state index contributed by atoms with van der Waals surface area (Å²) >= 11 is 0. The van der Waals surface area contributed by atoms with Gasteiger partial charge in [-0.3, -0.25) is 0 Å². The van der Waals surface area contributed by atoms with Crippen molar-refractivity contribution in [3.8, 4) is 0 Å². The Labute approximate surface area is 115 Å². The second kappa shape index (κ2) is 6.11. The summed E-state index contributed by atoms with van der Waals surface area (Å²) in [6.07, 6.45) is 5.53. The predicted molar refractivity (Wildman–Crippen MR) is 87.5 cm³/mol. The molecule has 0 spiro atoms. The summed E-state index contributed by atoms with van der Waals surface area (Å²) in [5.41, 5.74) is 2.81. The van der Waals surface area contributed by atoms with Gasteiger partial charge in [0.15, 0.2) is 0 Å². The van der Waals surface area contributed by atoms with Gasteiger partial charge in [0.25, 0.3) is 22.6 Å². The molecule has 1 aliphatic carbocycles. The molecule has 2 aromatic carbocycles. The molecule has 92 valence electrons. The molecule has 0 saturated carbocycles. The molecule has 0 radical (unpaired) electrons. The molecule has 0 atom stereocenters. The van der Waals surface area contributed by atoms with Crippen LogP contribution in [0, 0.1) is 0 Å². The predicted octanol–water partition coefficient (Wildman–Crippen LogP) is -0.0226. The maximum absolute atomic E-state index is 3.06. The fourth-order valence-electron chi connectivity index (χ4n) is 2.52. The van der Waals surface area contributed by atoms with E-state index in [0.29, 0.717) is 0 Å². The summed E-state index contributed by atoms with van der Waals surface area (Å²) < 4.78 is 0. The summed E-state index contributed by atoms with van der Waals surface area (Å²) in [5.74, 6) is 0. The van der Waals surface area contributed by atoms with Gasteiger partial charge in [0.05, 0.1) is 0 Å². The SMILES string of the molecule is B1NBNBN1.C1=Cc2cccc3cccc(c23)C1. The van der Waals surface area contributed by atoms with Crippen molar-refractivity contribution in [3.63, 3.8) is 0 Å². The standard InChI is InChI=1S/C13H10.B3H6N3/c1-4-10-6-2-8-12-9-3-7-11(5-1)13(10)12;1-4-2-6-3-5-1/h1-8H,9H2;1-6H. The van der Waals surface area contributed by atoms with Gasteiger partial charge in [0.2, 0.25) is 0 Å². The van der Waals surface area contributed by atoms with Crippen molar-refractivity contribution in [3.05, 3.63) is 53.6 Å². The fourth-order valence-corrected chi connectivity index (χ4v) is 2.52. The third kappa shape index (κ3) is 2.92. The van der Waals surface area contributed by atoms with Crippen LogP contribution in [0.15, 0.2) is 42.5 Å². The smallest absolute Gasteiger partial charge is 0.265 e. The van der Waals surface area contributed by atoms with Gasteiger partial charge < -0.3 is 15.4 Å². The minimum absolute atomic E-state index is 0.938. The number of benzene rings is 2. The van der Waals surface area contributed by atoms with E-state index in [1.165, 1.54) is 21.9 Å². The lowest BCUT2D eigenvalue weighted by molar-refractivity contribution is 1.28. The Morgan fingerprint density at radius 2 is 1.53 bits per heavy atom. The molecule has 0 unspecified atom stereocenters. The fraction of sp³-hybridized carbons (Fsp3) is 0.0769. The molecule has 3 nitrogen and oxygen atoms in total. The molecule has 0 amide bonds. The lowest BCUT2D eigenvalue weighted by Gasteiger charge is -2.11. The van der Waals surface area contributed by atoms with E-state index in [0.717, 1.165) is 29.1 Å². The quantitative estimate of drug-likeness (QED) is 0.572. The normalized spacial score (nSPS) is 15.6. The van der Waals surface area contributed by atoms with E-state index in [1.54, 1.807) is 0 Å². The van der Waals surface area contributed by atoms with E-state index in [9.17, 15) is 0 Å². The van der Waals surface area contributed by atoms with Crippen molar-refractivity contribution in [1.82, 2.24) is 15.4 Å². The van der Waals surface area contributed by atoms with Crippen molar-refractivity contribution < 1.29 is 0 Å². The minimum Gasteiger partial charge on any atom is -0.378 e. The molecule has 2 aliphatic rings. The average molecular weight is 247 g/mol. The van der Waals surface area contributed by atoms with Crippen LogP contribution in [0.1, 0.15) is 11.1 Å². The van der Waals surface area contributed by atoms with Crippen LogP contribution in [0.25, 0.3) is 16.8 Å². The summed E-state index contributed by atoms with van der Waals surface area (Å²) in [5, 5.41) is 12.0.